The highest BCUT2D eigenvalue weighted by atomic mass is 15.2. The van der Waals surface area contributed by atoms with E-state index in [2.05, 4.69) is 62.4 Å². The van der Waals surface area contributed by atoms with Crippen molar-refractivity contribution in [3.8, 4) is 0 Å². The van der Waals surface area contributed by atoms with Gasteiger partial charge in [0.25, 0.3) is 0 Å². The first-order chi connectivity index (χ1) is 12.2. The van der Waals surface area contributed by atoms with Crippen molar-refractivity contribution in [3.05, 3.63) is 53.0 Å². The molecule has 1 aliphatic heterocycles. The third kappa shape index (κ3) is 3.94. The van der Waals surface area contributed by atoms with Crippen LogP contribution in [0.25, 0.3) is 10.9 Å². The lowest BCUT2D eigenvalue weighted by molar-refractivity contribution is 0.315. The van der Waals surface area contributed by atoms with Gasteiger partial charge in [0, 0.05) is 41.9 Å². The highest BCUT2D eigenvalue weighted by Crippen LogP contribution is 2.21. The Hall–Kier alpha value is -2.11. The first-order valence-electron chi connectivity index (χ1n) is 9.18. The number of aromatic amines is 2. The number of nitrogens with one attached hydrogen (secondary N) is 2. The molecule has 0 unspecified atom stereocenters. The zero-order chi connectivity index (χ0) is 17.2. The summed E-state index contributed by atoms with van der Waals surface area (Å²) in [6, 6.07) is 11.2. The van der Waals surface area contributed by atoms with Crippen molar-refractivity contribution in [1.82, 2.24) is 25.0 Å². The van der Waals surface area contributed by atoms with Gasteiger partial charge in [0.1, 0.15) is 0 Å². The SMILES string of the molecule is Cc1cc(CN(C)Cc2ccc3[nH]c(CN4CCCC4)cc3c2)n[nH]1. The van der Waals surface area contributed by atoms with Crippen molar-refractivity contribution < 1.29 is 0 Å². The fraction of sp³-hybridized carbons (Fsp3) is 0.450. The highest BCUT2D eigenvalue weighted by Gasteiger charge is 2.13. The summed E-state index contributed by atoms with van der Waals surface area (Å²) in [4.78, 5) is 8.41. The predicted molar refractivity (Wildman–Crippen MR) is 101 cm³/mol. The predicted octanol–water partition coefficient (Wildman–Crippen LogP) is 3.43. The summed E-state index contributed by atoms with van der Waals surface area (Å²) in [6.07, 6.45) is 2.68. The van der Waals surface area contributed by atoms with Gasteiger partial charge >= 0.3 is 0 Å². The van der Waals surface area contributed by atoms with Crippen LogP contribution in [0.3, 0.4) is 0 Å². The molecule has 1 aromatic carbocycles. The molecule has 5 nitrogen and oxygen atoms in total. The molecule has 0 aliphatic carbocycles. The van der Waals surface area contributed by atoms with Crippen LogP contribution in [0.2, 0.25) is 0 Å². The molecule has 1 fully saturated rings. The van der Waals surface area contributed by atoms with Crippen LogP contribution < -0.4 is 0 Å². The Kier molecular flexibility index (Phi) is 4.59. The Balaban J connectivity index is 1.43. The number of H-pyrrole nitrogens is 2. The van der Waals surface area contributed by atoms with Crippen molar-refractivity contribution in [2.45, 2.75) is 39.4 Å². The molecule has 0 radical (unpaired) electrons. The Morgan fingerprint density at radius 2 is 1.96 bits per heavy atom. The second-order valence-corrected chi connectivity index (χ2v) is 7.41. The Bertz CT molecular complexity index is 841. The van der Waals surface area contributed by atoms with Crippen LogP contribution in [0.1, 0.15) is 35.5 Å². The van der Waals surface area contributed by atoms with Gasteiger partial charge in [0.15, 0.2) is 0 Å². The molecule has 5 heteroatoms. The number of hydrogen-bond donors (Lipinski definition) is 2. The number of nitrogens with zero attached hydrogens (tertiary/aromatic N) is 3. The van der Waals surface area contributed by atoms with Gasteiger partial charge in [-0.05, 0) is 69.7 Å². The summed E-state index contributed by atoms with van der Waals surface area (Å²) >= 11 is 0. The number of benzene rings is 1. The van der Waals surface area contributed by atoms with Gasteiger partial charge in [0.2, 0.25) is 0 Å². The lowest BCUT2D eigenvalue weighted by Gasteiger charge is -2.15. The third-order valence-electron chi connectivity index (χ3n) is 4.98. The van der Waals surface area contributed by atoms with Crippen molar-refractivity contribution in [2.24, 2.45) is 0 Å². The van der Waals surface area contributed by atoms with Crippen LogP contribution in [0.15, 0.2) is 30.3 Å². The van der Waals surface area contributed by atoms with E-state index < -0.39 is 0 Å². The smallest absolute Gasteiger partial charge is 0.0765 e. The normalized spacial score (nSPS) is 15.6. The van der Waals surface area contributed by atoms with E-state index >= 15 is 0 Å². The molecule has 1 saturated heterocycles. The van der Waals surface area contributed by atoms with Crippen LogP contribution in [-0.2, 0) is 19.6 Å². The molecule has 3 aromatic rings. The number of rotatable bonds is 6. The average molecular weight is 337 g/mol. The zero-order valence-corrected chi connectivity index (χ0v) is 15.2. The summed E-state index contributed by atoms with van der Waals surface area (Å²) in [5.74, 6) is 0. The molecule has 0 bridgehead atoms. The molecule has 2 N–H and O–H groups in total. The lowest BCUT2D eigenvalue weighted by Crippen LogP contribution is -2.18. The molecule has 3 heterocycles. The van der Waals surface area contributed by atoms with Crippen LogP contribution in [-0.4, -0.2) is 45.1 Å². The minimum atomic E-state index is 0.857. The summed E-state index contributed by atoms with van der Waals surface area (Å²) in [5, 5.41) is 8.65. The van der Waals surface area contributed by atoms with Gasteiger partial charge in [-0.2, -0.15) is 5.10 Å². The molecule has 132 valence electrons. The number of hydrogen-bond acceptors (Lipinski definition) is 3. The molecule has 4 rings (SSSR count). The quantitative estimate of drug-likeness (QED) is 0.724. The van der Waals surface area contributed by atoms with Gasteiger partial charge in [-0.1, -0.05) is 6.07 Å². The van der Waals surface area contributed by atoms with Crippen molar-refractivity contribution in [1.29, 1.82) is 0 Å². The first-order valence-corrected chi connectivity index (χ1v) is 9.18. The van der Waals surface area contributed by atoms with Crippen LogP contribution in [0, 0.1) is 6.92 Å². The molecule has 0 atom stereocenters. The number of aromatic nitrogens is 3. The Labute approximate surface area is 149 Å². The largest absolute Gasteiger partial charge is 0.357 e. The molecule has 0 amide bonds. The zero-order valence-electron chi connectivity index (χ0n) is 15.2. The number of likely N-dealkylation sites (tertiary alicyclic amines) is 1. The van der Waals surface area contributed by atoms with Gasteiger partial charge in [-0.15, -0.1) is 0 Å². The summed E-state index contributed by atoms with van der Waals surface area (Å²) < 4.78 is 0. The molecule has 0 spiro atoms. The second kappa shape index (κ2) is 7.02. The van der Waals surface area contributed by atoms with Crippen LogP contribution >= 0.6 is 0 Å². The monoisotopic (exact) mass is 337 g/mol. The van der Waals surface area contributed by atoms with E-state index in [0.717, 1.165) is 31.0 Å². The number of aryl methyl sites for hydroxylation is 1. The van der Waals surface area contributed by atoms with E-state index in [0.29, 0.717) is 0 Å². The second-order valence-electron chi connectivity index (χ2n) is 7.41. The van der Waals surface area contributed by atoms with Crippen molar-refractivity contribution >= 4 is 10.9 Å². The number of fused-ring (bicyclic) bond motifs is 1. The molecular formula is C20H27N5. The summed E-state index contributed by atoms with van der Waals surface area (Å²) in [5.41, 5.74) is 6.12. The minimum Gasteiger partial charge on any atom is -0.357 e. The fourth-order valence-corrected chi connectivity index (χ4v) is 3.81. The molecule has 1 aliphatic rings. The topological polar surface area (TPSA) is 51.0 Å². The maximum absolute atomic E-state index is 4.32. The molecule has 25 heavy (non-hydrogen) atoms. The molecule has 0 saturated carbocycles. The summed E-state index contributed by atoms with van der Waals surface area (Å²) in [7, 11) is 2.14. The van der Waals surface area contributed by atoms with Gasteiger partial charge in [-0.3, -0.25) is 14.9 Å². The first kappa shape index (κ1) is 16.4. The van der Waals surface area contributed by atoms with Gasteiger partial charge < -0.3 is 4.98 Å². The van der Waals surface area contributed by atoms with E-state index in [9.17, 15) is 0 Å². The maximum Gasteiger partial charge on any atom is 0.0765 e. The third-order valence-corrected chi connectivity index (χ3v) is 4.98. The average Bonchev–Trinajstić information content (AvgIpc) is 3.29. The molecule has 2 aromatic heterocycles. The van der Waals surface area contributed by atoms with Gasteiger partial charge in [0.05, 0.1) is 5.69 Å². The van der Waals surface area contributed by atoms with E-state index in [-0.39, 0.29) is 0 Å². The molecular weight excluding hydrogens is 310 g/mol. The van der Waals surface area contributed by atoms with E-state index in [1.54, 1.807) is 0 Å². The maximum atomic E-state index is 4.32. The summed E-state index contributed by atoms with van der Waals surface area (Å²) in [6.45, 7) is 7.33. The van der Waals surface area contributed by atoms with Crippen molar-refractivity contribution in [3.63, 3.8) is 0 Å². The standard InChI is InChI=1S/C20H27N5/c1-15-9-19(23-22-15)13-24(2)12-16-5-6-20-17(10-16)11-18(21-20)14-25-7-3-4-8-25/h5-6,9-11,21H,3-4,7-8,12-14H2,1-2H3,(H,22,23). The van der Waals surface area contributed by atoms with E-state index in [1.807, 2.05) is 6.92 Å². The Morgan fingerprint density at radius 1 is 1.12 bits per heavy atom. The minimum absolute atomic E-state index is 0.857. The van der Waals surface area contributed by atoms with E-state index in [1.165, 1.54) is 48.1 Å². The van der Waals surface area contributed by atoms with Crippen molar-refractivity contribution in [2.75, 3.05) is 20.1 Å². The lowest BCUT2D eigenvalue weighted by atomic mass is 10.1. The van der Waals surface area contributed by atoms with Crippen LogP contribution in [0.5, 0.6) is 0 Å². The highest BCUT2D eigenvalue weighted by molar-refractivity contribution is 5.81. The fourth-order valence-electron chi connectivity index (χ4n) is 3.81. The van der Waals surface area contributed by atoms with Gasteiger partial charge in [-0.25, -0.2) is 0 Å². The van der Waals surface area contributed by atoms with E-state index in [4.69, 9.17) is 0 Å². The Morgan fingerprint density at radius 3 is 2.72 bits per heavy atom. The van der Waals surface area contributed by atoms with Crippen LogP contribution in [0.4, 0.5) is 0 Å².